The number of aliphatic hydroxyl groups is 1. The first-order valence-electron chi connectivity index (χ1n) is 11.6. The van der Waals surface area contributed by atoms with E-state index in [1.54, 1.807) is 6.07 Å². The minimum Gasteiger partial charge on any atom is -0.508 e. The number of hydrogen-bond acceptors (Lipinski definition) is 2. The molecule has 4 rings (SSSR count). The minimum absolute atomic E-state index is 0.00173. The molecule has 0 amide bonds. The van der Waals surface area contributed by atoms with Crippen LogP contribution in [0.25, 0.3) is 11.1 Å². The SMILES string of the molecule is C=C(c1ccccc1)C12CCC(O)C1CC(CCCCCC)=C2c1cc(O)ccc1F. The summed E-state index contributed by atoms with van der Waals surface area (Å²) >= 11 is 0. The zero-order valence-corrected chi connectivity index (χ0v) is 18.4. The first-order chi connectivity index (χ1) is 15.0. The molecule has 0 radical (unpaired) electrons. The van der Waals surface area contributed by atoms with E-state index in [0.717, 1.165) is 48.8 Å². The molecule has 2 N–H and O–H groups in total. The van der Waals surface area contributed by atoms with Crippen molar-refractivity contribution in [2.45, 2.75) is 64.4 Å². The lowest BCUT2D eigenvalue weighted by atomic mass is 9.66. The molecule has 164 valence electrons. The Labute approximate surface area is 185 Å². The highest BCUT2D eigenvalue weighted by molar-refractivity contribution is 5.90. The highest BCUT2D eigenvalue weighted by atomic mass is 19.1. The molecule has 3 heteroatoms. The largest absolute Gasteiger partial charge is 0.508 e. The van der Waals surface area contributed by atoms with Gasteiger partial charge < -0.3 is 10.2 Å². The molecular weight excluding hydrogens is 387 g/mol. The van der Waals surface area contributed by atoms with Gasteiger partial charge in [0.2, 0.25) is 0 Å². The first kappa shape index (κ1) is 21.8. The van der Waals surface area contributed by atoms with Crippen LogP contribution in [-0.2, 0) is 0 Å². The summed E-state index contributed by atoms with van der Waals surface area (Å²) in [4.78, 5) is 0. The normalized spacial score (nSPS) is 25.1. The van der Waals surface area contributed by atoms with Crippen molar-refractivity contribution in [3.8, 4) is 5.75 Å². The third-order valence-electron chi connectivity index (χ3n) is 7.41. The average Bonchev–Trinajstić information content (AvgIpc) is 3.28. The van der Waals surface area contributed by atoms with Crippen molar-refractivity contribution in [3.63, 3.8) is 0 Å². The van der Waals surface area contributed by atoms with Crippen LogP contribution >= 0.6 is 0 Å². The summed E-state index contributed by atoms with van der Waals surface area (Å²) in [6.45, 7) is 6.71. The molecule has 0 heterocycles. The maximum absolute atomic E-state index is 15.2. The van der Waals surface area contributed by atoms with E-state index in [2.05, 4.69) is 25.6 Å². The highest BCUT2D eigenvalue weighted by Crippen LogP contribution is 2.66. The number of rotatable bonds is 8. The number of halogens is 1. The Bertz CT molecular complexity index is 978. The van der Waals surface area contributed by atoms with Crippen molar-refractivity contribution >= 4 is 11.1 Å². The van der Waals surface area contributed by atoms with Crippen LogP contribution in [0.5, 0.6) is 5.75 Å². The second kappa shape index (κ2) is 9.00. The first-order valence-corrected chi connectivity index (χ1v) is 11.6. The van der Waals surface area contributed by atoms with Crippen LogP contribution in [0.1, 0.15) is 69.4 Å². The smallest absolute Gasteiger partial charge is 0.131 e. The standard InChI is InChI=1S/C28H33FO2/c1-3-4-5-7-12-21-17-24-26(31)15-16-28(24,19(2)20-10-8-6-9-11-20)27(21)23-18-22(30)13-14-25(23)29/h6,8-11,13-14,18,24,26,30-31H,2-5,7,12,15-17H2,1H3. The molecule has 2 aliphatic carbocycles. The van der Waals surface area contributed by atoms with Crippen molar-refractivity contribution in [1.82, 2.24) is 0 Å². The van der Waals surface area contributed by atoms with Gasteiger partial charge in [0.1, 0.15) is 11.6 Å². The number of fused-ring (bicyclic) bond motifs is 1. The molecule has 31 heavy (non-hydrogen) atoms. The van der Waals surface area contributed by atoms with Crippen molar-refractivity contribution in [1.29, 1.82) is 0 Å². The van der Waals surface area contributed by atoms with E-state index in [4.69, 9.17) is 0 Å². The molecule has 2 aliphatic rings. The molecule has 3 atom stereocenters. The molecule has 0 aromatic heterocycles. The van der Waals surface area contributed by atoms with Crippen molar-refractivity contribution in [3.05, 3.63) is 77.6 Å². The Balaban J connectivity index is 1.86. The second-order valence-corrected chi connectivity index (χ2v) is 9.19. The maximum Gasteiger partial charge on any atom is 0.131 e. The van der Waals surface area contributed by atoms with E-state index >= 15 is 4.39 Å². The van der Waals surface area contributed by atoms with Crippen LogP contribution in [0.15, 0.2) is 60.7 Å². The van der Waals surface area contributed by atoms with Gasteiger partial charge in [-0.05, 0) is 67.0 Å². The summed E-state index contributed by atoms with van der Waals surface area (Å²) in [5.74, 6) is -0.254. The van der Waals surface area contributed by atoms with Gasteiger partial charge in [0.05, 0.1) is 6.10 Å². The monoisotopic (exact) mass is 420 g/mol. The third-order valence-corrected chi connectivity index (χ3v) is 7.41. The molecule has 2 nitrogen and oxygen atoms in total. The summed E-state index contributed by atoms with van der Waals surface area (Å²) in [6.07, 6.45) is 7.24. The quantitative estimate of drug-likeness (QED) is 0.446. The van der Waals surface area contributed by atoms with E-state index < -0.39 is 11.5 Å². The number of allylic oxidation sites excluding steroid dienone is 3. The van der Waals surface area contributed by atoms with E-state index in [-0.39, 0.29) is 17.5 Å². The zero-order chi connectivity index (χ0) is 22.0. The number of phenolic OH excluding ortho intramolecular Hbond substituents is 1. The molecule has 0 bridgehead atoms. The van der Waals surface area contributed by atoms with Crippen LogP contribution < -0.4 is 0 Å². The molecule has 0 saturated heterocycles. The minimum atomic E-state index is -0.504. The lowest BCUT2D eigenvalue weighted by Crippen LogP contribution is -2.29. The van der Waals surface area contributed by atoms with Gasteiger partial charge in [0.15, 0.2) is 0 Å². The van der Waals surface area contributed by atoms with Gasteiger partial charge in [-0.2, -0.15) is 0 Å². The Morgan fingerprint density at radius 3 is 2.65 bits per heavy atom. The van der Waals surface area contributed by atoms with Gasteiger partial charge in [-0.3, -0.25) is 0 Å². The second-order valence-electron chi connectivity index (χ2n) is 9.19. The van der Waals surface area contributed by atoms with E-state index in [1.165, 1.54) is 30.5 Å². The van der Waals surface area contributed by atoms with Crippen LogP contribution in [0.3, 0.4) is 0 Å². The van der Waals surface area contributed by atoms with Crippen molar-refractivity contribution in [2.24, 2.45) is 11.3 Å². The lowest BCUT2D eigenvalue weighted by molar-refractivity contribution is 0.119. The van der Waals surface area contributed by atoms with Gasteiger partial charge >= 0.3 is 0 Å². The zero-order valence-electron chi connectivity index (χ0n) is 18.4. The highest BCUT2D eigenvalue weighted by Gasteiger charge is 2.57. The van der Waals surface area contributed by atoms with Crippen LogP contribution in [-0.4, -0.2) is 16.3 Å². The van der Waals surface area contributed by atoms with Crippen LogP contribution in [0.2, 0.25) is 0 Å². The average molecular weight is 421 g/mol. The fourth-order valence-corrected chi connectivity index (χ4v) is 5.94. The number of benzene rings is 2. The molecule has 0 aliphatic heterocycles. The number of hydrogen-bond donors (Lipinski definition) is 2. The Kier molecular flexibility index (Phi) is 6.34. The number of aromatic hydroxyl groups is 1. The van der Waals surface area contributed by atoms with Gasteiger partial charge in [0, 0.05) is 16.9 Å². The Hall–Kier alpha value is -2.39. The molecule has 1 saturated carbocycles. The van der Waals surface area contributed by atoms with E-state index in [1.807, 2.05) is 18.2 Å². The fraction of sp³-hybridized carbons (Fsp3) is 0.429. The topological polar surface area (TPSA) is 40.5 Å². The van der Waals surface area contributed by atoms with Crippen molar-refractivity contribution in [2.75, 3.05) is 0 Å². The third kappa shape index (κ3) is 3.85. The van der Waals surface area contributed by atoms with Gasteiger partial charge in [-0.25, -0.2) is 4.39 Å². The van der Waals surface area contributed by atoms with Gasteiger partial charge in [0.25, 0.3) is 0 Å². The predicted molar refractivity (Wildman–Crippen MR) is 125 cm³/mol. The summed E-state index contributed by atoms with van der Waals surface area (Å²) in [6, 6.07) is 14.4. The number of phenols is 1. The Morgan fingerprint density at radius 1 is 1.13 bits per heavy atom. The predicted octanol–water partition coefficient (Wildman–Crippen LogP) is 7.13. The van der Waals surface area contributed by atoms with E-state index in [9.17, 15) is 10.2 Å². The van der Waals surface area contributed by atoms with Crippen LogP contribution in [0, 0.1) is 17.2 Å². The fourth-order valence-electron chi connectivity index (χ4n) is 5.94. The number of unbranched alkanes of at least 4 members (excludes halogenated alkanes) is 3. The Morgan fingerprint density at radius 2 is 1.90 bits per heavy atom. The maximum atomic E-state index is 15.2. The molecule has 2 aromatic carbocycles. The van der Waals surface area contributed by atoms with Crippen LogP contribution in [0.4, 0.5) is 4.39 Å². The van der Waals surface area contributed by atoms with E-state index in [0.29, 0.717) is 12.0 Å². The molecule has 1 fully saturated rings. The summed E-state index contributed by atoms with van der Waals surface area (Å²) < 4.78 is 15.2. The van der Waals surface area contributed by atoms with Gasteiger partial charge in [-0.15, -0.1) is 0 Å². The molecule has 2 aromatic rings. The lowest BCUT2D eigenvalue weighted by Gasteiger charge is -2.37. The van der Waals surface area contributed by atoms with Crippen molar-refractivity contribution < 1.29 is 14.6 Å². The molecular formula is C28H33FO2. The van der Waals surface area contributed by atoms with Gasteiger partial charge in [-0.1, -0.05) is 68.7 Å². The molecule has 3 unspecified atom stereocenters. The number of aliphatic hydroxyl groups excluding tert-OH is 1. The summed E-state index contributed by atoms with van der Waals surface area (Å²) in [7, 11) is 0. The summed E-state index contributed by atoms with van der Waals surface area (Å²) in [5.41, 5.74) is 4.14. The summed E-state index contributed by atoms with van der Waals surface area (Å²) in [5, 5.41) is 21.2. The molecule has 0 spiro atoms.